The summed E-state index contributed by atoms with van der Waals surface area (Å²) in [7, 11) is -4.29. The summed E-state index contributed by atoms with van der Waals surface area (Å²) in [6.07, 6.45) is 0. The molecule has 0 radical (unpaired) electrons. The average molecular weight is 488 g/mol. The van der Waals surface area contributed by atoms with Gasteiger partial charge in [-0.25, -0.2) is 0 Å². The van der Waals surface area contributed by atoms with Crippen LogP contribution in [0.1, 0.15) is 34.1 Å². The Labute approximate surface area is 198 Å². The number of rotatable bonds is 11. The zero-order chi connectivity index (χ0) is 24.6. The van der Waals surface area contributed by atoms with Crippen LogP contribution in [0, 0.1) is 0 Å². The Bertz CT molecular complexity index is 1130. The second-order valence-electron chi connectivity index (χ2n) is 7.66. The molecule has 0 aliphatic rings. The van der Waals surface area contributed by atoms with Crippen LogP contribution in [0.3, 0.4) is 0 Å². The highest BCUT2D eigenvalue weighted by Gasteiger charge is 2.30. The van der Waals surface area contributed by atoms with Gasteiger partial charge in [0.05, 0.1) is 17.5 Å². The number of alkyl halides is 2. The summed E-state index contributed by atoms with van der Waals surface area (Å²) in [5, 5.41) is 3.85. The molecule has 0 fully saturated rings. The first-order valence-electron chi connectivity index (χ1n) is 10.7. The van der Waals surface area contributed by atoms with Crippen LogP contribution in [0.5, 0.6) is 0 Å². The number of nitrogens with zero attached hydrogens (tertiary/aromatic N) is 1. The van der Waals surface area contributed by atoms with E-state index in [1.165, 1.54) is 24.3 Å². The summed E-state index contributed by atoms with van der Waals surface area (Å²) >= 11 is 0. The molecule has 34 heavy (non-hydrogen) atoms. The number of hydrogen-bond acceptors (Lipinski definition) is 6. The van der Waals surface area contributed by atoms with Gasteiger partial charge >= 0.3 is 10.1 Å². The lowest BCUT2D eigenvalue weighted by Crippen LogP contribution is -2.25. The fourth-order valence-electron chi connectivity index (χ4n) is 3.54. The molecule has 0 aliphatic carbocycles. The van der Waals surface area contributed by atoms with Crippen LogP contribution in [0.2, 0.25) is 0 Å². The van der Waals surface area contributed by atoms with Gasteiger partial charge < -0.3 is 11.5 Å². The van der Waals surface area contributed by atoms with Gasteiger partial charge in [0.25, 0.3) is 0 Å². The molecule has 3 rings (SSSR count). The molecule has 180 valence electrons. The first kappa shape index (κ1) is 25.5. The van der Waals surface area contributed by atoms with Gasteiger partial charge in [-0.3, -0.25) is 13.1 Å². The topological polar surface area (TPSA) is 108 Å². The molecule has 3 aromatic carbocycles. The van der Waals surface area contributed by atoms with E-state index in [-0.39, 0.29) is 10.6 Å². The summed E-state index contributed by atoms with van der Waals surface area (Å²) in [4.78, 5) is -0.119. The van der Waals surface area contributed by atoms with Crippen molar-refractivity contribution in [2.45, 2.75) is 29.8 Å². The monoisotopic (exact) mass is 487 g/mol. The summed E-state index contributed by atoms with van der Waals surface area (Å²) in [6, 6.07) is 21.0. The molecule has 0 saturated carbocycles. The van der Waals surface area contributed by atoms with Crippen LogP contribution in [-0.2, 0) is 27.5 Å². The van der Waals surface area contributed by atoms with Gasteiger partial charge in [0.1, 0.15) is 18.2 Å². The van der Waals surface area contributed by atoms with E-state index in [0.29, 0.717) is 24.2 Å². The number of halogens is 2. The summed E-state index contributed by atoms with van der Waals surface area (Å²) in [6.45, 7) is -1.26. The zero-order valence-corrected chi connectivity index (χ0v) is 19.3. The predicted octanol–water partition coefficient (Wildman–Crippen LogP) is 4.17. The average Bonchev–Trinajstić information content (AvgIpc) is 2.89. The summed E-state index contributed by atoms with van der Waals surface area (Å²) in [5.41, 5.74) is 13.9. The Morgan fingerprint density at radius 2 is 1.21 bits per heavy atom. The van der Waals surface area contributed by atoms with E-state index in [2.05, 4.69) is 5.16 Å². The van der Waals surface area contributed by atoms with Crippen molar-refractivity contribution in [3.63, 3.8) is 0 Å². The summed E-state index contributed by atoms with van der Waals surface area (Å²) < 4.78 is 59.1. The van der Waals surface area contributed by atoms with Gasteiger partial charge in [-0.1, -0.05) is 71.9 Å². The normalized spacial score (nSPS) is 13.2. The fraction of sp³-hybridized carbons (Fsp3) is 0.240. The van der Waals surface area contributed by atoms with Gasteiger partial charge in [-0.15, -0.1) is 0 Å². The Morgan fingerprint density at radius 3 is 1.59 bits per heavy atom. The molecule has 0 heterocycles. The SMILES string of the molecule is NCc1ccc(C(CF)C(=NOS(=O)(=O)c2ccccc2)C(CF)c2ccc(CN)cc2)cc1. The largest absolute Gasteiger partial charge is 0.358 e. The second kappa shape index (κ2) is 11.8. The molecule has 0 spiro atoms. The molecule has 3 aromatic rings. The van der Waals surface area contributed by atoms with Crippen molar-refractivity contribution in [1.29, 1.82) is 0 Å². The quantitative estimate of drug-likeness (QED) is 0.312. The maximum absolute atomic E-state index is 14.4. The maximum atomic E-state index is 14.4. The van der Waals surface area contributed by atoms with E-state index in [4.69, 9.17) is 15.8 Å². The van der Waals surface area contributed by atoms with Gasteiger partial charge in [0, 0.05) is 13.1 Å². The van der Waals surface area contributed by atoms with Crippen molar-refractivity contribution in [3.05, 3.63) is 101 Å². The minimum atomic E-state index is -4.29. The Kier molecular flexibility index (Phi) is 8.86. The lowest BCUT2D eigenvalue weighted by atomic mass is 9.83. The fourth-order valence-corrected chi connectivity index (χ4v) is 4.30. The van der Waals surface area contributed by atoms with Crippen molar-refractivity contribution in [3.8, 4) is 0 Å². The van der Waals surface area contributed by atoms with Gasteiger partial charge in [-0.2, -0.15) is 8.42 Å². The van der Waals surface area contributed by atoms with Crippen LogP contribution in [-0.4, -0.2) is 27.5 Å². The van der Waals surface area contributed by atoms with Crippen molar-refractivity contribution in [2.24, 2.45) is 16.6 Å². The van der Waals surface area contributed by atoms with Crippen molar-refractivity contribution < 1.29 is 21.5 Å². The van der Waals surface area contributed by atoms with Crippen LogP contribution in [0.15, 0.2) is 88.9 Å². The predicted molar refractivity (Wildman–Crippen MR) is 128 cm³/mol. The van der Waals surface area contributed by atoms with E-state index in [1.54, 1.807) is 54.6 Å². The third-order valence-corrected chi connectivity index (χ3v) is 6.65. The molecule has 0 amide bonds. The smallest absolute Gasteiger partial charge is 0.326 e. The van der Waals surface area contributed by atoms with Crippen LogP contribution < -0.4 is 11.5 Å². The first-order valence-corrected chi connectivity index (χ1v) is 12.1. The van der Waals surface area contributed by atoms with Crippen molar-refractivity contribution in [1.82, 2.24) is 0 Å². The Balaban J connectivity index is 2.07. The molecule has 2 unspecified atom stereocenters. The third-order valence-electron chi connectivity index (χ3n) is 5.53. The lowest BCUT2D eigenvalue weighted by molar-refractivity contribution is 0.329. The van der Waals surface area contributed by atoms with E-state index in [0.717, 1.165) is 11.1 Å². The molecule has 0 bridgehead atoms. The molecule has 0 aromatic heterocycles. The van der Waals surface area contributed by atoms with E-state index < -0.39 is 35.3 Å². The highest BCUT2D eigenvalue weighted by molar-refractivity contribution is 7.86. The Morgan fingerprint density at radius 1 is 0.765 bits per heavy atom. The number of hydrogen-bond donors (Lipinski definition) is 2. The van der Waals surface area contributed by atoms with Crippen molar-refractivity contribution >= 4 is 15.8 Å². The number of benzene rings is 3. The molecule has 2 atom stereocenters. The first-order chi connectivity index (χ1) is 16.4. The second-order valence-corrected chi connectivity index (χ2v) is 9.19. The summed E-state index contributed by atoms with van der Waals surface area (Å²) in [5.74, 6) is -2.07. The highest BCUT2D eigenvalue weighted by atomic mass is 32.2. The standard InChI is InChI=1S/C25H27F2N3O3S/c26-14-23(20-10-6-18(16-28)7-11-20)25(24(15-27)21-12-8-19(17-29)9-13-21)30-33-34(31,32)22-4-2-1-3-5-22/h1-13,23-24H,14-17,28-29H2. The highest BCUT2D eigenvalue weighted by Crippen LogP contribution is 2.30. The molecule has 0 aliphatic heterocycles. The Hall–Kier alpha value is -3.14. The molecular weight excluding hydrogens is 460 g/mol. The molecular formula is C25H27F2N3O3S. The van der Waals surface area contributed by atoms with Crippen LogP contribution in [0.25, 0.3) is 0 Å². The molecule has 9 heteroatoms. The molecule has 0 saturated heterocycles. The van der Waals surface area contributed by atoms with Crippen LogP contribution >= 0.6 is 0 Å². The van der Waals surface area contributed by atoms with E-state index >= 15 is 0 Å². The van der Waals surface area contributed by atoms with Gasteiger partial charge in [0.2, 0.25) is 0 Å². The maximum Gasteiger partial charge on any atom is 0.358 e. The minimum absolute atomic E-state index is 0.0782. The van der Waals surface area contributed by atoms with Gasteiger partial charge in [-0.05, 0) is 34.4 Å². The van der Waals surface area contributed by atoms with E-state index in [9.17, 15) is 17.2 Å². The van der Waals surface area contributed by atoms with Gasteiger partial charge in [0.15, 0.2) is 0 Å². The lowest BCUT2D eigenvalue weighted by Gasteiger charge is -2.23. The van der Waals surface area contributed by atoms with E-state index in [1.807, 2.05) is 0 Å². The molecule has 6 nitrogen and oxygen atoms in total. The molecule has 4 N–H and O–H groups in total. The third kappa shape index (κ3) is 6.05. The minimum Gasteiger partial charge on any atom is -0.326 e. The number of nitrogens with two attached hydrogens (primary N) is 2. The zero-order valence-electron chi connectivity index (χ0n) is 18.5. The number of oxime groups is 1. The van der Waals surface area contributed by atoms with Crippen LogP contribution in [0.4, 0.5) is 8.78 Å². The van der Waals surface area contributed by atoms with Crippen molar-refractivity contribution in [2.75, 3.05) is 13.3 Å².